The van der Waals surface area contributed by atoms with Gasteiger partial charge in [-0.1, -0.05) is 12.1 Å². The van der Waals surface area contributed by atoms with E-state index in [1.807, 2.05) is 13.0 Å². The first-order valence-corrected chi connectivity index (χ1v) is 7.55. The third-order valence-corrected chi connectivity index (χ3v) is 4.60. The van der Waals surface area contributed by atoms with Gasteiger partial charge < -0.3 is 0 Å². The second-order valence-electron chi connectivity index (χ2n) is 6.02. The Bertz CT molecular complexity index is 698. The van der Waals surface area contributed by atoms with Gasteiger partial charge in [-0.05, 0) is 44.7 Å². The summed E-state index contributed by atoms with van der Waals surface area (Å²) in [5.74, 6) is 1.49. The first kappa shape index (κ1) is 13.4. The molecular formula is C15H19FN6. The standard InChI is InChI=1S/C15H19FN6/c1-8-4-5-11(9(2)14(8)16)15-20-19-13-7-6-12-18-17-10(3)21(12)22(13)15/h4-5,12-13,18-19H,6-7H2,1-3H3. The van der Waals surface area contributed by atoms with E-state index in [-0.39, 0.29) is 18.1 Å². The van der Waals surface area contributed by atoms with Gasteiger partial charge in [0.15, 0.2) is 5.84 Å². The molecule has 6 nitrogen and oxygen atoms in total. The molecule has 2 unspecified atom stereocenters. The SMILES string of the molecule is CC1=NNC2CCC3NN=C(c4ccc(C)c(F)c4C)N3N12. The molecule has 4 rings (SSSR count). The van der Waals surface area contributed by atoms with Gasteiger partial charge in [0, 0.05) is 5.56 Å². The number of hydrogen-bond donors (Lipinski definition) is 2. The van der Waals surface area contributed by atoms with Crippen LogP contribution in [0.5, 0.6) is 0 Å². The fourth-order valence-corrected chi connectivity index (χ4v) is 3.38. The quantitative estimate of drug-likeness (QED) is 0.827. The summed E-state index contributed by atoms with van der Waals surface area (Å²) in [6, 6.07) is 3.74. The molecule has 0 amide bonds. The Morgan fingerprint density at radius 3 is 2.50 bits per heavy atom. The highest BCUT2D eigenvalue weighted by molar-refractivity contribution is 6.02. The zero-order valence-electron chi connectivity index (χ0n) is 12.9. The smallest absolute Gasteiger partial charge is 0.176 e. The number of aryl methyl sites for hydroxylation is 1. The Hall–Kier alpha value is -2.31. The molecule has 0 spiro atoms. The highest BCUT2D eigenvalue weighted by atomic mass is 19.1. The third kappa shape index (κ3) is 1.71. The molecule has 0 saturated carbocycles. The fraction of sp³-hybridized carbons (Fsp3) is 0.467. The summed E-state index contributed by atoms with van der Waals surface area (Å²) in [6.07, 6.45) is 2.19. The molecule has 1 aromatic rings. The lowest BCUT2D eigenvalue weighted by atomic mass is 10.0. The van der Waals surface area contributed by atoms with E-state index in [4.69, 9.17) is 0 Å². The van der Waals surface area contributed by atoms with Crippen molar-refractivity contribution in [1.29, 1.82) is 0 Å². The van der Waals surface area contributed by atoms with E-state index in [0.717, 1.165) is 30.1 Å². The zero-order valence-corrected chi connectivity index (χ0v) is 12.9. The Kier molecular flexibility index (Phi) is 2.79. The lowest BCUT2D eigenvalue weighted by molar-refractivity contribution is -0.00429. The van der Waals surface area contributed by atoms with Crippen LogP contribution in [0.4, 0.5) is 4.39 Å². The zero-order chi connectivity index (χ0) is 15.4. The van der Waals surface area contributed by atoms with E-state index in [0.29, 0.717) is 11.1 Å². The molecule has 0 aromatic heterocycles. The van der Waals surface area contributed by atoms with E-state index in [9.17, 15) is 4.39 Å². The van der Waals surface area contributed by atoms with Crippen molar-refractivity contribution in [2.45, 2.75) is 45.9 Å². The highest BCUT2D eigenvalue weighted by Crippen LogP contribution is 2.30. The van der Waals surface area contributed by atoms with Crippen LogP contribution in [0.25, 0.3) is 0 Å². The minimum absolute atomic E-state index is 0.0973. The summed E-state index contributed by atoms with van der Waals surface area (Å²) >= 11 is 0. The molecule has 116 valence electrons. The number of nitrogens with zero attached hydrogens (tertiary/aromatic N) is 4. The Balaban J connectivity index is 1.77. The van der Waals surface area contributed by atoms with Gasteiger partial charge in [-0.25, -0.2) is 14.4 Å². The number of rotatable bonds is 1. The summed E-state index contributed by atoms with van der Waals surface area (Å²) in [6.45, 7) is 5.55. The molecule has 2 N–H and O–H groups in total. The van der Waals surface area contributed by atoms with Gasteiger partial charge in [-0.15, -0.1) is 0 Å². The van der Waals surface area contributed by atoms with E-state index >= 15 is 0 Å². The maximum atomic E-state index is 14.3. The number of halogens is 1. The van der Waals surface area contributed by atoms with Crippen molar-refractivity contribution in [2.75, 3.05) is 0 Å². The lowest BCUT2D eigenvalue weighted by Gasteiger charge is -2.43. The van der Waals surface area contributed by atoms with Crippen LogP contribution in [0.1, 0.15) is 36.5 Å². The maximum absolute atomic E-state index is 14.3. The van der Waals surface area contributed by atoms with Crippen molar-refractivity contribution in [2.24, 2.45) is 10.2 Å². The molecular weight excluding hydrogens is 283 g/mol. The summed E-state index contributed by atoms with van der Waals surface area (Å²) in [5, 5.41) is 13.0. The monoisotopic (exact) mass is 302 g/mol. The molecule has 3 heterocycles. The highest BCUT2D eigenvalue weighted by Gasteiger charge is 2.44. The van der Waals surface area contributed by atoms with Crippen molar-refractivity contribution in [3.05, 3.63) is 34.6 Å². The van der Waals surface area contributed by atoms with Crippen molar-refractivity contribution in [3.8, 4) is 0 Å². The van der Waals surface area contributed by atoms with Crippen molar-refractivity contribution in [3.63, 3.8) is 0 Å². The Labute approximate surface area is 128 Å². The molecule has 0 aliphatic carbocycles. The van der Waals surface area contributed by atoms with E-state index in [1.165, 1.54) is 0 Å². The summed E-state index contributed by atoms with van der Waals surface area (Å²) in [7, 11) is 0. The minimum atomic E-state index is -0.165. The van der Waals surface area contributed by atoms with Crippen molar-refractivity contribution in [1.82, 2.24) is 20.9 Å². The molecule has 22 heavy (non-hydrogen) atoms. The van der Waals surface area contributed by atoms with Gasteiger partial charge in [0.25, 0.3) is 0 Å². The van der Waals surface area contributed by atoms with Crippen molar-refractivity contribution < 1.29 is 4.39 Å². The largest absolute Gasteiger partial charge is 0.284 e. The molecule has 0 radical (unpaired) electrons. The molecule has 3 aliphatic rings. The molecule has 1 saturated heterocycles. The molecule has 1 aromatic carbocycles. The van der Waals surface area contributed by atoms with Crippen molar-refractivity contribution >= 4 is 11.7 Å². The van der Waals surface area contributed by atoms with Crippen LogP contribution in [0.2, 0.25) is 0 Å². The van der Waals surface area contributed by atoms with Gasteiger partial charge in [0.2, 0.25) is 0 Å². The Morgan fingerprint density at radius 1 is 1.05 bits per heavy atom. The summed E-state index contributed by atoms with van der Waals surface area (Å²) < 4.78 is 14.3. The topological polar surface area (TPSA) is 55.3 Å². The number of nitrogens with one attached hydrogen (secondary N) is 2. The average molecular weight is 302 g/mol. The molecule has 1 fully saturated rings. The summed E-state index contributed by atoms with van der Waals surface area (Å²) in [4.78, 5) is 0. The number of hydrogen-bond acceptors (Lipinski definition) is 6. The predicted octanol–water partition coefficient (Wildman–Crippen LogP) is 1.61. The predicted molar refractivity (Wildman–Crippen MR) is 82.3 cm³/mol. The fourth-order valence-electron chi connectivity index (χ4n) is 3.38. The first-order chi connectivity index (χ1) is 10.6. The van der Waals surface area contributed by atoms with Gasteiger partial charge in [-0.3, -0.25) is 10.9 Å². The number of benzene rings is 1. The number of hydrazone groups is 2. The van der Waals surface area contributed by atoms with E-state index in [1.54, 1.807) is 19.9 Å². The number of hydrazine groups is 1. The van der Waals surface area contributed by atoms with Gasteiger partial charge in [0.1, 0.15) is 24.0 Å². The van der Waals surface area contributed by atoms with Crippen LogP contribution in [-0.2, 0) is 0 Å². The summed E-state index contributed by atoms with van der Waals surface area (Å²) in [5.41, 5.74) is 8.41. The number of amidine groups is 2. The van der Waals surface area contributed by atoms with Crippen LogP contribution in [0.3, 0.4) is 0 Å². The van der Waals surface area contributed by atoms with E-state index in [2.05, 4.69) is 31.1 Å². The Morgan fingerprint density at radius 2 is 1.73 bits per heavy atom. The lowest BCUT2D eigenvalue weighted by Crippen LogP contribution is -2.61. The van der Waals surface area contributed by atoms with Crippen LogP contribution < -0.4 is 10.9 Å². The minimum Gasteiger partial charge on any atom is -0.284 e. The molecule has 0 bridgehead atoms. The van der Waals surface area contributed by atoms with Gasteiger partial charge in [0.05, 0.1) is 0 Å². The van der Waals surface area contributed by atoms with Gasteiger partial charge in [-0.2, -0.15) is 10.2 Å². The second kappa shape index (κ2) is 4.59. The van der Waals surface area contributed by atoms with Gasteiger partial charge >= 0.3 is 0 Å². The van der Waals surface area contributed by atoms with Crippen LogP contribution in [0, 0.1) is 19.7 Å². The average Bonchev–Trinajstić information content (AvgIpc) is 3.09. The molecule has 7 heteroatoms. The maximum Gasteiger partial charge on any atom is 0.176 e. The van der Waals surface area contributed by atoms with Crippen LogP contribution >= 0.6 is 0 Å². The normalized spacial score (nSPS) is 26.0. The first-order valence-electron chi connectivity index (χ1n) is 7.55. The van der Waals surface area contributed by atoms with E-state index < -0.39 is 0 Å². The third-order valence-electron chi connectivity index (χ3n) is 4.60. The van der Waals surface area contributed by atoms with Crippen LogP contribution in [0.15, 0.2) is 22.3 Å². The molecule has 3 aliphatic heterocycles. The second-order valence-corrected chi connectivity index (χ2v) is 6.02. The number of fused-ring (bicyclic) bond motifs is 3. The van der Waals surface area contributed by atoms with Crippen LogP contribution in [-0.4, -0.2) is 34.0 Å². The molecule has 2 atom stereocenters.